The van der Waals surface area contributed by atoms with Crippen LogP contribution in [0.3, 0.4) is 0 Å². The van der Waals surface area contributed by atoms with Crippen molar-refractivity contribution in [2.75, 3.05) is 12.0 Å². The SMILES string of the molecule is COC(=O)c1cc(Oc2ncc(C=O)cc2Br)c(F)cc1N(C(=O)[C@H]1CC[C@H](C)CC1)C(C)C. The molecule has 1 aliphatic carbocycles. The Morgan fingerprint density at radius 2 is 1.88 bits per heavy atom. The summed E-state index contributed by atoms with van der Waals surface area (Å²) in [5.74, 6) is -1.48. The molecular formula is C25H28BrFN2O5. The predicted octanol–water partition coefficient (Wildman–Crippen LogP) is 5.94. The van der Waals surface area contributed by atoms with Crippen LogP contribution in [0, 0.1) is 17.7 Å². The summed E-state index contributed by atoms with van der Waals surface area (Å²) in [5, 5.41) is 0. The van der Waals surface area contributed by atoms with Gasteiger partial charge in [-0.15, -0.1) is 0 Å². The number of nitrogens with zero attached hydrogens (tertiary/aromatic N) is 2. The van der Waals surface area contributed by atoms with E-state index < -0.39 is 11.8 Å². The number of anilines is 1. The Bertz CT molecular complexity index is 1080. The number of pyridine rings is 1. The number of hydrogen-bond acceptors (Lipinski definition) is 6. The molecule has 0 bridgehead atoms. The largest absolute Gasteiger partial charge is 0.465 e. The van der Waals surface area contributed by atoms with Gasteiger partial charge in [-0.2, -0.15) is 0 Å². The Hall–Kier alpha value is -2.81. The Morgan fingerprint density at radius 1 is 1.21 bits per heavy atom. The van der Waals surface area contributed by atoms with E-state index in [1.54, 1.807) is 0 Å². The standard InChI is InChI=1S/C25H28BrFN2O5/c1-14(2)29(24(31)17-7-5-15(3)6-8-17)21-11-20(27)22(10-18(21)25(32)33-4)34-23-19(26)9-16(13-30)12-28-23/h9-15,17H,5-8H2,1-4H3/t15-,17-. The highest BCUT2D eigenvalue weighted by molar-refractivity contribution is 9.10. The third-order valence-electron chi connectivity index (χ3n) is 6.01. The molecule has 1 aromatic carbocycles. The summed E-state index contributed by atoms with van der Waals surface area (Å²) in [6.45, 7) is 5.81. The number of halogens is 2. The maximum atomic E-state index is 15.2. The van der Waals surface area contributed by atoms with Gasteiger partial charge < -0.3 is 14.4 Å². The number of benzene rings is 1. The fraction of sp³-hybridized carbons (Fsp3) is 0.440. The van der Waals surface area contributed by atoms with Crippen molar-refractivity contribution in [1.82, 2.24) is 4.98 Å². The molecule has 0 atom stereocenters. The Morgan fingerprint density at radius 3 is 2.44 bits per heavy atom. The minimum absolute atomic E-state index is 0.00533. The molecule has 0 radical (unpaired) electrons. The van der Waals surface area contributed by atoms with Crippen LogP contribution < -0.4 is 9.64 Å². The van der Waals surface area contributed by atoms with Gasteiger partial charge in [-0.25, -0.2) is 14.2 Å². The van der Waals surface area contributed by atoms with E-state index in [9.17, 15) is 14.4 Å². The van der Waals surface area contributed by atoms with Gasteiger partial charge in [-0.05, 0) is 67.4 Å². The van der Waals surface area contributed by atoms with Gasteiger partial charge >= 0.3 is 5.97 Å². The molecule has 34 heavy (non-hydrogen) atoms. The summed E-state index contributed by atoms with van der Waals surface area (Å²) in [6, 6.07) is 3.50. The van der Waals surface area contributed by atoms with Gasteiger partial charge in [0.1, 0.15) is 0 Å². The van der Waals surface area contributed by atoms with E-state index in [1.165, 1.54) is 30.3 Å². The highest BCUT2D eigenvalue weighted by atomic mass is 79.9. The molecule has 0 saturated heterocycles. The smallest absolute Gasteiger partial charge is 0.340 e. The summed E-state index contributed by atoms with van der Waals surface area (Å²) in [4.78, 5) is 42.6. The van der Waals surface area contributed by atoms with Gasteiger partial charge in [0, 0.05) is 35.9 Å². The number of esters is 1. The van der Waals surface area contributed by atoms with Crippen LogP contribution in [0.5, 0.6) is 11.6 Å². The first-order chi connectivity index (χ1) is 16.2. The lowest BCUT2D eigenvalue weighted by Crippen LogP contribution is -2.43. The van der Waals surface area contributed by atoms with Crippen LogP contribution in [0.2, 0.25) is 0 Å². The van der Waals surface area contributed by atoms with Crippen molar-refractivity contribution in [3.63, 3.8) is 0 Å². The van der Waals surface area contributed by atoms with Gasteiger partial charge in [0.2, 0.25) is 11.8 Å². The lowest BCUT2D eigenvalue weighted by molar-refractivity contribution is -0.123. The van der Waals surface area contributed by atoms with Crippen molar-refractivity contribution in [3.05, 3.63) is 45.8 Å². The fourth-order valence-electron chi connectivity index (χ4n) is 4.13. The number of ether oxygens (including phenoxy) is 2. The average molecular weight is 535 g/mol. The molecule has 0 aliphatic heterocycles. The molecule has 0 spiro atoms. The molecule has 0 unspecified atom stereocenters. The van der Waals surface area contributed by atoms with Gasteiger partial charge in [-0.3, -0.25) is 9.59 Å². The van der Waals surface area contributed by atoms with Crippen molar-refractivity contribution in [2.24, 2.45) is 11.8 Å². The first-order valence-electron chi connectivity index (χ1n) is 11.2. The summed E-state index contributed by atoms with van der Waals surface area (Å²) in [5.41, 5.74) is 0.456. The summed E-state index contributed by atoms with van der Waals surface area (Å²) < 4.78 is 26.1. The number of carbonyl (C=O) groups excluding carboxylic acids is 3. The van der Waals surface area contributed by atoms with E-state index in [0.29, 0.717) is 22.2 Å². The first-order valence-corrected chi connectivity index (χ1v) is 12.0. The monoisotopic (exact) mass is 534 g/mol. The Balaban J connectivity index is 2.02. The zero-order valence-corrected chi connectivity index (χ0v) is 21.2. The Kier molecular flexibility index (Phi) is 8.41. The number of aromatic nitrogens is 1. The van der Waals surface area contributed by atoms with E-state index in [0.717, 1.165) is 31.7 Å². The van der Waals surface area contributed by atoms with E-state index in [4.69, 9.17) is 9.47 Å². The second-order valence-electron chi connectivity index (χ2n) is 8.83. The second-order valence-corrected chi connectivity index (χ2v) is 9.68. The van der Waals surface area contributed by atoms with Crippen molar-refractivity contribution in [3.8, 4) is 11.6 Å². The van der Waals surface area contributed by atoms with Gasteiger partial charge in [0.25, 0.3) is 0 Å². The summed E-state index contributed by atoms with van der Waals surface area (Å²) in [7, 11) is 1.22. The molecule has 1 amide bonds. The number of amides is 1. The fourth-order valence-corrected chi connectivity index (χ4v) is 4.58. The van der Waals surface area contributed by atoms with Crippen LogP contribution in [0.1, 0.15) is 67.2 Å². The molecule has 2 aromatic rings. The van der Waals surface area contributed by atoms with Crippen LogP contribution in [0.25, 0.3) is 0 Å². The first kappa shape index (κ1) is 25.8. The molecule has 0 N–H and O–H groups in total. The maximum absolute atomic E-state index is 15.2. The van der Waals surface area contributed by atoms with Crippen LogP contribution >= 0.6 is 15.9 Å². The summed E-state index contributed by atoms with van der Waals surface area (Å²) >= 11 is 3.24. The van der Waals surface area contributed by atoms with E-state index in [2.05, 4.69) is 27.8 Å². The zero-order valence-electron chi connectivity index (χ0n) is 19.6. The number of hydrogen-bond donors (Lipinski definition) is 0. The molecule has 1 aliphatic rings. The third-order valence-corrected chi connectivity index (χ3v) is 6.57. The molecule has 7 nitrogen and oxygen atoms in total. The molecule has 1 fully saturated rings. The number of methoxy groups -OCH3 is 1. The molecular weight excluding hydrogens is 507 g/mol. The van der Waals surface area contributed by atoms with E-state index in [1.807, 2.05) is 13.8 Å². The number of rotatable bonds is 7. The predicted molar refractivity (Wildman–Crippen MR) is 129 cm³/mol. The second kappa shape index (κ2) is 11.1. The highest BCUT2D eigenvalue weighted by Crippen LogP contribution is 2.37. The van der Waals surface area contributed by atoms with Crippen molar-refractivity contribution >= 4 is 39.8 Å². The normalized spacial score (nSPS) is 17.9. The quantitative estimate of drug-likeness (QED) is 0.322. The lowest BCUT2D eigenvalue weighted by atomic mass is 9.82. The number of aldehydes is 1. The van der Waals surface area contributed by atoms with E-state index in [-0.39, 0.29) is 40.7 Å². The maximum Gasteiger partial charge on any atom is 0.340 e. The van der Waals surface area contributed by atoms with Crippen LogP contribution in [-0.4, -0.2) is 36.3 Å². The highest BCUT2D eigenvalue weighted by Gasteiger charge is 2.33. The number of carbonyl (C=O) groups is 3. The minimum atomic E-state index is -0.772. The van der Waals surface area contributed by atoms with Crippen LogP contribution in [0.4, 0.5) is 10.1 Å². The van der Waals surface area contributed by atoms with Gasteiger partial charge in [0.15, 0.2) is 17.9 Å². The third kappa shape index (κ3) is 5.63. The van der Waals surface area contributed by atoms with Crippen molar-refractivity contribution in [2.45, 2.75) is 52.5 Å². The van der Waals surface area contributed by atoms with Crippen molar-refractivity contribution < 1.29 is 28.2 Å². The van der Waals surface area contributed by atoms with Crippen LogP contribution in [-0.2, 0) is 9.53 Å². The summed E-state index contributed by atoms with van der Waals surface area (Å²) in [6.07, 6.45) is 5.34. The van der Waals surface area contributed by atoms with Gasteiger partial charge in [0.05, 0.1) is 22.8 Å². The average Bonchev–Trinajstić information content (AvgIpc) is 2.81. The topological polar surface area (TPSA) is 85.8 Å². The molecule has 9 heteroatoms. The zero-order chi connectivity index (χ0) is 25.0. The molecule has 3 rings (SSSR count). The minimum Gasteiger partial charge on any atom is -0.465 e. The molecule has 182 valence electrons. The lowest BCUT2D eigenvalue weighted by Gasteiger charge is -2.34. The van der Waals surface area contributed by atoms with Crippen molar-refractivity contribution in [1.29, 1.82) is 0 Å². The van der Waals surface area contributed by atoms with E-state index >= 15 is 4.39 Å². The van der Waals surface area contributed by atoms with Crippen LogP contribution in [0.15, 0.2) is 28.9 Å². The molecule has 1 aromatic heterocycles. The molecule has 1 saturated carbocycles. The van der Waals surface area contributed by atoms with Gasteiger partial charge in [-0.1, -0.05) is 6.92 Å². The Labute approximate surface area is 206 Å². The molecule has 1 heterocycles.